The molecular weight excluding hydrogens is 180 g/mol. The lowest BCUT2D eigenvalue weighted by Crippen LogP contribution is -2.06. The summed E-state index contributed by atoms with van der Waals surface area (Å²) < 4.78 is 4.53. The van der Waals surface area contributed by atoms with Crippen LogP contribution in [0.5, 0.6) is 0 Å². The molecule has 0 aromatic heterocycles. The highest BCUT2D eigenvalue weighted by Gasteiger charge is 2.13. The van der Waals surface area contributed by atoms with E-state index in [4.69, 9.17) is 11.0 Å². The second-order valence-electron chi connectivity index (χ2n) is 2.86. The average molecular weight is 190 g/mol. The monoisotopic (exact) mass is 190 g/mol. The van der Waals surface area contributed by atoms with Gasteiger partial charge in [0, 0.05) is 5.69 Å². The zero-order chi connectivity index (χ0) is 10.7. The van der Waals surface area contributed by atoms with Crippen LogP contribution in [-0.2, 0) is 4.74 Å². The molecule has 14 heavy (non-hydrogen) atoms. The van der Waals surface area contributed by atoms with Crippen LogP contribution in [0.15, 0.2) is 12.1 Å². The summed E-state index contributed by atoms with van der Waals surface area (Å²) in [5.74, 6) is -0.548. The molecule has 1 rings (SSSR count). The van der Waals surface area contributed by atoms with Crippen molar-refractivity contribution in [2.24, 2.45) is 0 Å². The van der Waals surface area contributed by atoms with Crippen LogP contribution in [0, 0.1) is 18.3 Å². The van der Waals surface area contributed by atoms with E-state index in [-0.39, 0.29) is 11.1 Å². The molecule has 0 unspecified atom stereocenters. The molecule has 0 saturated carbocycles. The lowest BCUT2D eigenvalue weighted by Gasteiger charge is -2.05. The van der Waals surface area contributed by atoms with Crippen LogP contribution in [0.25, 0.3) is 0 Å². The van der Waals surface area contributed by atoms with E-state index in [1.807, 2.05) is 6.07 Å². The summed E-state index contributed by atoms with van der Waals surface area (Å²) in [6.45, 7) is 1.78. The zero-order valence-electron chi connectivity index (χ0n) is 8.00. The highest BCUT2D eigenvalue weighted by Crippen LogP contribution is 2.18. The summed E-state index contributed by atoms with van der Waals surface area (Å²) in [6, 6.07) is 4.95. The first-order valence-corrected chi connectivity index (χ1v) is 3.98. The van der Waals surface area contributed by atoms with Gasteiger partial charge >= 0.3 is 5.97 Å². The van der Waals surface area contributed by atoms with Crippen molar-refractivity contribution in [3.05, 3.63) is 28.8 Å². The Morgan fingerprint density at radius 2 is 2.21 bits per heavy atom. The standard InChI is InChI=1S/C10H10N2O2/c1-6-3-7(5-11)8(4-9(6)12)10(13)14-2/h3-4H,12H2,1-2H3. The molecule has 0 aliphatic heterocycles. The van der Waals surface area contributed by atoms with E-state index in [2.05, 4.69) is 4.74 Å². The summed E-state index contributed by atoms with van der Waals surface area (Å²) in [5.41, 5.74) is 7.36. The van der Waals surface area contributed by atoms with Crippen LogP contribution in [-0.4, -0.2) is 13.1 Å². The number of aryl methyl sites for hydroxylation is 1. The Kier molecular flexibility index (Phi) is 2.73. The Morgan fingerprint density at radius 1 is 1.57 bits per heavy atom. The predicted molar refractivity (Wildman–Crippen MR) is 51.6 cm³/mol. The highest BCUT2D eigenvalue weighted by molar-refractivity contribution is 5.93. The second kappa shape index (κ2) is 3.79. The first kappa shape index (κ1) is 10.1. The number of anilines is 1. The maximum atomic E-state index is 11.2. The Morgan fingerprint density at radius 3 is 2.71 bits per heavy atom. The number of nitrogens with zero attached hydrogens (tertiary/aromatic N) is 1. The van der Waals surface area contributed by atoms with Crippen molar-refractivity contribution >= 4 is 11.7 Å². The topological polar surface area (TPSA) is 76.1 Å². The molecule has 0 aliphatic carbocycles. The van der Waals surface area contributed by atoms with Crippen molar-refractivity contribution in [1.29, 1.82) is 5.26 Å². The Balaban J connectivity index is 3.36. The number of nitriles is 1. The quantitative estimate of drug-likeness (QED) is 0.533. The summed E-state index contributed by atoms with van der Waals surface area (Å²) in [7, 11) is 1.26. The van der Waals surface area contributed by atoms with Crippen LogP contribution in [0.4, 0.5) is 5.69 Å². The molecule has 1 aromatic rings. The predicted octanol–water partition coefficient (Wildman–Crippen LogP) is 1.24. The summed E-state index contributed by atoms with van der Waals surface area (Å²) in [6.07, 6.45) is 0. The summed E-state index contributed by atoms with van der Waals surface area (Å²) in [4.78, 5) is 11.2. The number of ether oxygens (including phenoxy) is 1. The van der Waals surface area contributed by atoms with Crippen LogP contribution in [0.3, 0.4) is 0 Å². The molecule has 4 heteroatoms. The van der Waals surface area contributed by atoms with Gasteiger partial charge in [0.2, 0.25) is 0 Å². The third-order valence-corrected chi connectivity index (χ3v) is 1.93. The van der Waals surface area contributed by atoms with E-state index in [1.165, 1.54) is 13.2 Å². The Bertz CT molecular complexity index is 419. The van der Waals surface area contributed by atoms with Crippen molar-refractivity contribution in [3.63, 3.8) is 0 Å². The van der Waals surface area contributed by atoms with Crippen LogP contribution in [0.1, 0.15) is 21.5 Å². The number of benzene rings is 1. The van der Waals surface area contributed by atoms with Crippen LogP contribution >= 0.6 is 0 Å². The molecule has 0 bridgehead atoms. The van der Waals surface area contributed by atoms with Gasteiger partial charge in [0.25, 0.3) is 0 Å². The van der Waals surface area contributed by atoms with Gasteiger partial charge in [0.05, 0.1) is 18.2 Å². The number of methoxy groups -OCH3 is 1. The van der Waals surface area contributed by atoms with Crippen molar-refractivity contribution in [2.45, 2.75) is 6.92 Å². The minimum atomic E-state index is -0.548. The molecule has 0 saturated heterocycles. The highest BCUT2D eigenvalue weighted by atomic mass is 16.5. The lowest BCUT2D eigenvalue weighted by molar-refractivity contribution is 0.0600. The van der Waals surface area contributed by atoms with E-state index in [1.54, 1.807) is 13.0 Å². The maximum absolute atomic E-state index is 11.2. The van der Waals surface area contributed by atoms with Crippen molar-refractivity contribution in [3.8, 4) is 6.07 Å². The van der Waals surface area contributed by atoms with Crippen molar-refractivity contribution in [2.75, 3.05) is 12.8 Å². The van der Waals surface area contributed by atoms with Gasteiger partial charge in [-0.3, -0.25) is 0 Å². The Labute approximate surface area is 81.9 Å². The van der Waals surface area contributed by atoms with Gasteiger partial charge in [-0.25, -0.2) is 4.79 Å². The molecule has 4 nitrogen and oxygen atoms in total. The third-order valence-electron chi connectivity index (χ3n) is 1.93. The lowest BCUT2D eigenvalue weighted by atomic mass is 10.0. The van der Waals surface area contributed by atoms with Gasteiger partial charge in [-0.15, -0.1) is 0 Å². The van der Waals surface area contributed by atoms with E-state index < -0.39 is 5.97 Å². The number of nitrogen functional groups attached to an aromatic ring is 1. The van der Waals surface area contributed by atoms with Gasteiger partial charge in [-0.2, -0.15) is 5.26 Å². The van der Waals surface area contributed by atoms with Crippen molar-refractivity contribution in [1.82, 2.24) is 0 Å². The summed E-state index contributed by atoms with van der Waals surface area (Å²) >= 11 is 0. The van der Waals surface area contributed by atoms with E-state index in [9.17, 15) is 4.79 Å². The molecule has 2 N–H and O–H groups in total. The number of nitrogens with two attached hydrogens (primary N) is 1. The molecule has 0 fully saturated rings. The van der Waals surface area contributed by atoms with E-state index in [0.717, 1.165) is 5.56 Å². The number of hydrogen-bond acceptors (Lipinski definition) is 4. The first-order chi connectivity index (χ1) is 6.60. The van der Waals surface area contributed by atoms with Crippen LogP contribution in [0.2, 0.25) is 0 Å². The largest absolute Gasteiger partial charge is 0.465 e. The normalized spacial score (nSPS) is 9.21. The molecule has 0 spiro atoms. The SMILES string of the molecule is COC(=O)c1cc(N)c(C)cc1C#N. The van der Waals surface area contributed by atoms with Gasteiger partial charge in [-0.1, -0.05) is 0 Å². The first-order valence-electron chi connectivity index (χ1n) is 3.98. The number of esters is 1. The van der Waals surface area contributed by atoms with E-state index >= 15 is 0 Å². The molecule has 0 heterocycles. The fourth-order valence-corrected chi connectivity index (χ4v) is 1.10. The van der Waals surface area contributed by atoms with Gasteiger partial charge < -0.3 is 10.5 Å². The zero-order valence-corrected chi connectivity index (χ0v) is 8.00. The molecule has 72 valence electrons. The second-order valence-corrected chi connectivity index (χ2v) is 2.86. The minimum Gasteiger partial charge on any atom is -0.465 e. The summed E-state index contributed by atoms with van der Waals surface area (Å²) in [5, 5.41) is 8.78. The smallest absolute Gasteiger partial charge is 0.339 e. The van der Waals surface area contributed by atoms with E-state index in [0.29, 0.717) is 5.69 Å². The number of carbonyl (C=O) groups is 1. The fraction of sp³-hybridized carbons (Fsp3) is 0.200. The number of rotatable bonds is 1. The number of carbonyl (C=O) groups excluding carboxylic acids is 1. The van der Waals surface area contributed by atoms with Gasteiger partial charge in [0.1, 0.15) is 6.07 Å². The average Bonchev–Trinajstić information content (AvgIpc) is 2.20. The van der Waals surface area contributed by atoms with Crippen LogP contribution < -0.4 is 5.73 Å². The van der Waals surface area contributed by atoms with Gasteiger partial charge in [-0.05, 0) is 24.6 Å². The molecule has 0 amide bonds. The minimum absolute atomic E-state index is 0.207. The molecular formula is C10H10N2O2. The third kappa shape index (κ3) is 1.67. The van der Waals surface area contributed by atoms with Crippen molar-refractivity contribution < 1.29 is 9.53 Å². The molecule has 1 aromatic carbocycles. The fourth-order valence-electron chi connectivity index (χ4n) is 1.10. The number of hydrogen-bond donors (Lipinski definition) is 1. The molecule has 0 radical (unpaired) electrons. The Hall–Kier alpha value is -2.02. The molecule has 0 aliphatic rings. The van der Waals surface area contributed by atoms with Gasteiger partial charge in [0.15, 0.2) is 0 Å². The molecule has 0 atom stereocenters. The maximum Gasteiger partial charge on any atom is 0.339 e.